The maximum atomic E-state index is 13.4. The molecule has 0 saturated carbocycles. The van der Waals surface area contributed by atoms with Crippen molar-refractivity contribution in [2.75, 3.05) is 27.2 Å². The SMILES string of the molecule is CCN(CC)C(=O)[C@H]1c2ccccc2C(=O)N(C)[C@H]1c1ccc(OC)cc1. The van der Waals surface area contributed by atoms with Gasteiger partial charge in [0.25, 0.3) is 5.91 Å². The average Bonchev–Trinajstić information content (AvgIpc) is 2.71. The molecular weight excluding hydrogens is 340 g/mol. The van der Waals surface area contributed by atoms with Gasteiger partial charge in [0.2, 0.25) is 5.91 Å². The number of carbonyl (C=O) groups is 2. The van der Waals surface area contributed by atoms with E-state index in [1.54, 1.807) is 25.1 Å². The Labute approximate surface area is 160 Å². The molecule has 5 nitrogen and oxygen atoms in total. The predicted molar refractivity (Wildman–Crippen MR) is 105 cm³/mol. The van der Waals surface area contributed by atoms with Crippen molar-refractivity contribution in [2.45, 2.75) is 25.8 Å². The van der Waals surface area contributed by atoms with Crippen LogP contribution in [-0.4, -0.2) is 48.9 Å². The Kier molecular flexibility index (Phi) is 5.49. The first-order valence-electron chi connectivity index (χ1n) is 9.32. The summed E-state index contributed by atoms with van der Waals surface area (Å²) >= 11 is 0. The van der Waals surface area contributed by atoms with Gasteiger partial charge in [-0.3, -0.25) is 9.59 Å². The fourth-order valence-electron chi connectivity index (χ4n) is 3.89. The van der Waals surface area contributed by atoms with Gasteiger partial charge in [0.15, 0.2) is 0 Å². The Morgan fingerprint density at radius 1 is 1.07 bits per heavy atom. The van der Waals surface area contributed by atoms with Gasteiger partial charge in [-0.05, 0) is 43.2 Å². The number of methoxy groups -OCH3 is 1. The predicted octanol–water partition coefficient (Wildman–Crippen LogP) is 3.47. The average molecular weight is 366 g/mol. The van der Waals surface area contributed by atoms with Gasteiger partial charge in [-0.15, -0.1) is 0 Å². The number of nitrogens with zero attached hydrogens (tertiary/aromatic N) is 2. The van der Waals surface area contributed by atoms with Crippen LogP contribution in [0, 0.1) is 0 Å². The van der Waals surface area contributed by atoms with Crippen LogP contribution in [0.1, 0.15) is 47.3 Å². The molecule has 0 radical (unpaired) electrons. The second-order valence-electron chi connectivity index (χ2n) is 6.71. The van der Waals surface area contributed by atoms with Crippen LogP contribution in [0.5, 0.6) is 5.75 Å². The van der Waals surface area contributed by atoms with Crippen LogP contribution in [-0.2, 0) is 4.79 Å². The van der Waals surface area contributed by atoms with Crippen LogP contribution >= 0.6 is 0 Å². The van der Waals surface area contributed by atoms with E-state index in [1.807, 2.05) is 61.2 Å². The lowest BCUT2D eigenvalue weighted by molar-refractivity contribution is -0.134. The van der Waals surface area contributed by atoms with Crippen LogP contribution in [0.2, 0.25) is 0 Å². The number of amides is 2. The number of fused-ring (bicyclic) bond motifs is 1. The number of carbonyl (C=O) groups excluding carboxylic acids is 2. The zero-order chi connectivity index (χ0) is 19.6. The van der Waals surface area contributed by atoms with E-state index in [1.165, 1.54) is 0 Å². The normalized spacial score (nSPS) is 18.8. The fourth-order valence-corrected chi connectivity index (χ4v) is 3.89. The van der Waals surface area contributed by atoms with Crippen molar-refractivity contribution in [2.24, 2.45) is 0 Å². The number of rotatable bonds is 5. The van der Waals surface area contributed by atoms with Gasteiger partial charge >= 0.3 is 0 Å². The van der Waals surface area contributed by atoms with E-state index in [2.05, 4.69) is 0 Å². The monoisotopic (exact) mass is 366 g/mol. The van der Waals surface area contributed by atoms with Gasteiger partial charge in [0.1, 0.15) is 5.75 Å². The molecule has 1 aliphatic heterocycles. The number of likely N-dealkylation sites (N-methyl/N-ethyl adjacent to an activating group) is 2. The Morgan fingerprint density at radius 3 is 2.30 bits per heavy atom. The smallest absolute Gasteiger partial charge is 0.254 e. The van der Waals surface area contributed by atoms with E-state index in [4.69, 9.17) is 4.74 Å². The molecule has 0 saturated heterocycles. The molecule has 5 heteroatoms. The molecule has 0 unspecified atom stereocenters. The Balaban J connectivity index is 2.15. The maximum absolute atomic E-state index is 13.4. The quantitative estimate of drug-likeness (QED) is 0.814. The second kappa shape index (κ2) is 7.82. The van der Waals surface area contributed by atoms with Crippen molar-refractivity contribution in [1.82, 2.24) is 9.80 Å². The fraction of sp³-hybridized carbons (Fsp3) is 0.364. The Hall–Kier alpha value is -2.82. The third-order valence-electron chi connectivity index (χ3n) is 5.38. The van der Waals surface area contributed by atoms with E-state index < -0.39 is 5.92 Å². The third kappa shape index (κ3) is 3.29. The summed E-state index contributed by atoms with van der Waals surface area (Å²) in [6, 6.07) is 14.7. The van der Waals surface area contributed by atoms with Gasteiger partial charge in [0, 0.05) is 25.7 Å². The summed E-state index contributed by atoms with van der Waals surface area (Å²) in [4.78, 5) is 29.9. The lowest BCUT2D eigenvalue weighted by Crippen LogP contribution is -2.46. The van der Waals surface area contributed by atoms with E-state index >= 15 is 0 Å². The van der Waals surface area contributed by atoms with Crippen LogP contribution in [0.4, 0.5) is 0 Å². The van der Waals surface area contributed by atoms with Crippen molar-refractivity contribution in [1.29, 1.82) is 0 Å². The molecule has 2 atom stereocenters. The van der Waals surface area contributed by atoms with Crippen LogP contribution < -0.4 is 4.74 Å². The van der Waals surface area contributed by atoms with Gasteiger partial charge in [-0.1, -0.05) is 30.3 Å². The zero-order valence-corrected chi connectivity index (χ0v) is 16.3. The minimum absolute atomic E-state index is 0.0487. The molecule has 1 aliphatic rings. The molecule has 0 spiro atoms. The molecule has 0 bridgehead atoms. The molecule has 2 aromatic carbocycles. The molecule has 0 N–H and O–H groups in total. The third-order valence-corrected chi connectivity index (χ3v) is 5.38. The highest BCUT2D eigenvalue weighted by molar-refractivity contribution is 6.01. The lowest BCUT2D eigenvalue weighted by Gasteiger charge is -2.41. The maximum Gasteiger partial charge on any atom is 0.254 e. The molecule has 0 aliphatic carbocycles. The van der Waals surface area contributed by atoms with Gasteiger partial charge in [-0.25, -0.2) is 0 Å². The first kappa shape index (κ1) is 19.0. The van der Waals surface area contributed by atoms with Gasteiger partial charge in [0.05, 0.1) is 19.1 Å². The van der Waals surface area contributed by atoms with Crippen molar-refractivity contribution in [3.63, 3.8) is 0 Å². The number of hydrogen-bond donors (Lipinski definition) is 0. The minimum atomic E-state index is -0.433. The number of hydrogen-bond acceptors (Lipinski definition) is 3. The van der Waals surface area contributed by atoms with Gasteiger partial charge < -0.3 is 14.5 Å². The summed E-state index contributed by atoms with van der Waals surface area (Å²) in [5.41, 5.74) is 2.33. The summed E-state index contributed by atoms with van der Waals surface area (Å²) < 4.78 is 5.25. The largest absolute Gasteiger partial charge is 0.497 e. The highest BCUT2D eigenvalue weighted by Crippen LogP contribution is 2.43. The van der Waals surface area contributed by atoms with Crippen molar-refractivity contribution < 1.29 is 14.3 Å². The summed E-state index contributed by atoms with van der Waals surface area (Å²) in [7, 11) is 3.39. The second-order valence-corrected chi connectivity index (χ2v) is 6.71. The Bertz CT molecular complexity index is 828. The van der Waals surface area contributed by atoms with E-state index in [9.17, 15) is 9.59 Å². The molecular formula is C22H26N2O3. The molecule has 3 rings (SSSR count). The van der Waals surface area contributed by atoms with Crippen molar-refractivity contribution in [3.05, 3.63) is 65.2 Å². The molecule has 1 heterocycles. The van der Waals surface area contributed by atoms with Crippen LogP contribution in [0.3, 0.4) is 0 Å². The highest BCUT2D eigenvalue weighted by Gasteiger charge is 2.43. The first-order chi connectivity index (χ1) is 13.0. The minimum Gasteiger partial charge on any atom is -0.497 e. The molecule has 0 aromatic heterocycles. The van der Waals surface area contributed by atoms with Crippen molar-refractivity contribution in [3.8, 4) is 5.75 Å². The molecule has 142 valence electrons. The van der Waals surface area contributed by atoms with Crippen LogP contribution in [0.25, 0.3) is 0 Å². The van der Waals surface area contributed by atoms with Gasteiger partial charge in [-0.2, -0.15) is 0 Å². The summed E-state index contributed by atoms with van der Waals surface area (Å²) in [5.74, 6) is 0.301. The standard InChI is InChI=1S/C22H26N2O3/c1-5-24(6-2)22(26)19-17-9-7-8-10-18(17)21(25)23(3)20(19)15-11-13-16(27-4)14-12-15/h7-14,19-20H,5-6H2,1-4H3/t19-,20-/m0/s1. The van der Waals surface area contributed by atoms with E-state index in [0.29, 0.717) is 18.7 Å². The molecule has 27 heavy (non-hydrogen) atoms. The molecule has 0 fully saturated rings. The number of ether oxygens (including phenoxy) is 1. The summed E-state index contributed by atoms with van der Waals surface area (Å²) in [6.07, 6.45) is 0. The molecule has 2 amide bonds. The highest BCUT2D eigenvalue weighted by atomic mass is 16.5. The topological polar surface area (TPSA) is 49.9 Å². The molecule has 2 aromatic rings. The van der Waals surface area contributed by atoms with Crippen molar-refractivity contribution >= 4 is 11.8 Å². The number of benzene rings is 2. The Morgan fingerprint density at radius 2 is 1.70 bits per heavy atom. The van der Waals surface area contributed by atoms with E-state index in [0.717, 1.165) is 16.9 Å². The lowest BCUT2D eigenvalue weighted by atomic mass is 9.79. The van der Waals surface area contributed by atoms with Crippen LogP contribution in [0.15, 0.2) is 48.5 Å². The van der Waals surface area contributed by atoms with E-state index in [-0.39, 0.29) is 17.9 Å². The first-order valence-corrected chi connectivity index (χ1v) is 9.32. The zero-order valence-electron chi connectivity index (χ0n) is 16.3. The summed E-state index contributed by atoms with van der Waals surface area (Å²) in [6.45, 7) is 5.24. The summed E-state index contributed by atoms with van der Waals surface area (Å²) in [5, 5.41) is 0.